The van der Waals surface area contributed by atoms with Gasteiger partial charge in [-0.2, -0.15) is 5.10 Å². The van der Waals surface area contributed by atoms with Gasteiger partial charge in [-0.15, -0.1) is 10.2 Å². The highest BCUT2D eigenvalue weighted by Gasteiger charge is 2.41. The number of amides is 2. The van der Waals surface area contributed by atoms with Gasteiger partial charge in [0.25, 0.3) is 5.91 Å². The molecule has 49 heavy (non-hydrogen) atoms. The second-order valence-electron chi connectivity index (χ2n) is 12.6. The first-order valence-corrected chi connectivity index (χ1v) is 17.7. The van der Waals surface area contributed by atoms with Crippen LogP contribution in [0.5, 0.6) is 0 Å². The van der Waals surface area contributed by atoms with Gasteiger partial charge < -0.3 is 25.8 Å². The van der Waals surface area contributed by atoms with Crippen molar-refractivity contribution in [1.82, 2.24) is 35.2 Å². The van der Waals surface area contributed by atoms with E-state index in [0.717, 1.165) is 41.0 Å². The molecule has 1 aliphatic carbocycles. The van der Waals surface area contributed by atoms with Crippen molar-refractivity contribution in [2.24, 2.45) is 5.92 Å². The largest absolute Gasteiger partial charge is 0.366 e. The molecular weight excluding hydrogens is 642 g/mol. The molecule has 0 spiro atoms. The minimum absolute atomic E-state index is 0.0151. The Labute approximate surface area is 286 Å². The van der Waals surface area contributed by atoms with Gasteiger partial charge in [0, 0.05) is 56.0 Å². The predicted octanol–water partition coefficient (Wildman–Crippen LogP) is 1.93. The van der Waals surface area contributed by atoms with Crippen LogP contribution in [0.4, 0.5) is 22.9 Å². The van der Waals surface area contributed by atoms with Crippen molar-refractivity contribution >= 4 is 60.2 Å². The summed E-state index contributed by atoms with van der Waals surface area (Å²) in [5, 5.41) is 20.2. The van der Waals surface area contributed by atoms with E-state index in [1.54, 1.807) is 25.1 Å². The number of carbonyl (C=O) groups is 2. The fourth-order valence-corrected chi connectivity index (χ4v) is 7.07. The molecule has 4 aromatic rings. The van der Waals surface area contributed by atoms with Gasteiger partial charge in [0.1, 0.15) is 0 Å². The van der Waals surface area contributed by atoms with Gasteiger partial charge >= 0.3 is 0 Å². The lowest BCUT2D eigenvalue weighted by Crippen LogP contribution is -2.60. The van der Waals surface area contributed by atoms with E-state index in [4.69, 9.17) is 20.8 Å². The summed E-state index contributed by atoms with van der Waals surface area (Å²) >= 11 is 0. The number of rotatable bonds is 10. The summed E-state index contributed by atoms with van der Waals surface area (Å²) in [5.41, 5.74) is 5.36. The summed E-state index contributed by atoms with van der Waals surface area (Å²) in [6.45, 7) is 3.09. The van der Waals surface area contributed by atoms with E-state index in [1.165, 1.54) is 13.1 Å². The summed E-state index contributed by atoms with van der Waals surface area (Å²) in [7, 11) is 13.1. The van der Waals surface area contributed by atoms with Gasteiger partial charge in [0.05, 0.1) is 63.0 Å². The predicted molar refractivity (Wildman–Crippen MR) is 186 cm³/mol. The molecule has 2 aliphatic heterocycles. The fraction of sp³-hybridized carbons (Fsp3) is 0.375. The SMILES string of the molecule is [B]C([B])(c1cccc(S(=O)(=O)CC)n1)N1CC(n2ncc3c2CN(C)c2c(Nc4cc(NC(=O)C5CC5)nnc4C(=O)NC)cccc2-3)C1. The molecule has 0 atom stereocenters. The maximum atomic E-state index is 12.7. The van der Waals surface area contributed by atoms with Crippen molar-refractivity contribution in [3.8, 4) is 11.1 Å². The zero-order valence-electron chi connectivity index (χ0n) is 27.3. The Bertz CT molecular complexity index is 2080. The Kier molecular flexibility index (Phi) is 8.22. The highest BCUT2D eigenvalue weighted by atomic mass is 32.2. The zero-order valence-corrected chi connectivity index (χ0v) is 28.2. The molecule has 1 aromatic carbocycles. The minimum atomic E-state index is -3.52. The first kappa shape index (κ1) is 32.8. The minimum Gasteiger partial charge on any atom is -0.366 e. The highest BCUT2D eigenvalue weighted by molar-refractivity contribution is 7.91. The molecule has 0 bridgehead atoms. The number of anilines is 4. The van der Waals surface area contributed by atoms with E-state index in [9.17, 15) is 18.0 Å². The van der Waals surface area contributed by atoms with E-state index in [2.05, 4.69) is 36.0 Å². The Morgan fingerprint density at radius 1 is 1.04 bits per heavy atom. The summed E-state index contributed by atoms with van der Waals surface area (Å²) in [6, 6.07) is 12.2. The number of nitrogens with zero attached hydrogens (tertiary/aromatic N) is 7. The molecule has 7 rings (SSSR count). The number of aromatic nitrogens is 5. The normalized spacial score (nSPS) is 16.3. The number of sulfone groups is 1. The van der Waals surface area contributed by atoms with E-state index in [0.29, 0.717) is 25.3 Å². The topological polar surface area (TPSA) is 167 Å². The molecule has 3 aliphatic rings. The zero-order chi connectivity index (χ0) is 34.7. The lowest BCUT2D eigenvalue weighted by Gasteiger charge is -2.50. The quantitative estimate of drug-likeness (QED) is 0.210. The molecule has 2 amide bonds. The van der Waals surface area contributed by atoms with Crippen LogP contribution in [0.3, 0.4) is 0 Å². The van der Waals surface area contributed by atoms with Gasteiger partial charge in [0.2, 0.25) is 5.91 Å². The Hall–Kier alpha value is -4.76. The molecular formula is C32H34B2N10O4S. The number of fused-ring (bicyclic) bond motifs is 3. The van der Waals surface area contributed by atoms with E-state index in [-0.39, 0.29) is 45.9 Å². The van der Waals surface area contributed by atoms with Crippen LogP contribution in [0.1, 0.15) is 47.7 Å². The molecule has 0 unspecified atom stereocenters. The first-order chi connectivity index (χ1) is 23.4. The summed E-state index contributed by atoms with van der Waals surface area (Å²) in [5.74, 6) is -0.355. The summed E-state index contributed by atoms with van der Waals surface area (Å²) < 4.78 is 26.8. The van der Waals surface area contributed by atoms with Gasteiger partial charge in [-0.3, -0.25) is 14.3 Å². The van der Waals surface area contributed by atoms with Crippen molar-refractivity contribution < 1.29 is 18.0 Å². The highest BCUT2D eigenvalue weighted by Crippen LogP contribution is 2.45. The number of carbonyl (C=O) groups excluding carboxylic acids is 2. The van der Waals surface area contributed by atoms with Crippen LogP contribution in [0, 0.1) is 5.92 Å². The van der Waals surface area contributed by atoms with Crippen molar-refractivity contribution in [1.29, 1.82) is 0 Å². The average molecular weight is 676 g/mol. The molecule has 2 fully saturated rings. The Morgan fingerprint density at radius 3 is 2.51 bits per heavy atom. The number of pyridine rings is 1. The van der Waals surface area contributed by atoms with Crippen LogP contribution in [0.15, 0.2) is 53.7 Å². The lowest BCUT2D eigenvalue weighted by molar-refractivity contribution is -0.117. The van der Waals surface area contributed by atoms with Gasteiger partial charge in [-0.05, 0) is 36.4 Å². The molecule has 1 saturated heterocycles. The smallest absolute Gasteiger partial charge is 0.273 e. The second-order valence-corrected chi connectivity index (χ2v) is 14.8. The molecule has 4 radical (unpaired) electrons. The number of hydrogen-bond donors (Lipinski definition) is 3. The van der Waals surface area contributed by atoms with Gasteiger partial charge in [-0.1, -0.05) is 25.1 Å². The van der Waals surface area contributed by atoms with Crippen molar-refractivity contribution in [2.75, 3.05) is 48.5 Å². The summed E-state index contributed by atoms with van der Waals surface area (Å²) in [6.07, 6.45) is 3.55. The van der Waals surface area contributed by atoms with E-state index >= 15 is 0 Å². The van der Waals surface area contributed by atoms with Gasteiger partial charge in [-0.25, -0.2) is 13.4 Å². The maximum Gasteiger partial charge on any atom is 0.273 e. The maximum absolute atomic E-state index is 12.7. The standard InChI is InChI=1S/C32H34B2N10O4S/c1-4-49(47,48)27-10-6-9-25(38-27)32(33,34)43-15-19(16-43)44-24-17-42(3)29-20(21(24)14-36-44)7-5-8-22(29)37-23-13-26(39-30(45)18-11-12-18)40-41-28(23)31(46)35-2/h5-10,13-14,18-19H,4,11-12,15-17H2,1-3H3,(H,35,46)(H2,37,39,40,45). The number of likely N-dealkylation sites (tertiary alicyclic amines) is 1. The lowest BCUT2D eigenvalue weighted by atomic mass is 9.57. The van der Waals surface area contributed by atoms with Crippen LogP contribution in [-0.2, 0) is 26.5 Å². The van der Waals surface area contributed by atoms with Crippen LogP contribution in [0.2, 0.25) is 0 Å². The molecule has 3 N–H and O–H groups in total. The third kappa shape index (κ3) is 5.94. The van der Waals surface area contributed by atoms with Crippen molar-refractivity contribution in [2.45, 2.75) is 42.7 Å². The molecule has 5 heterocycles. The van der Waals surface area contributed by atoms with Crippen molar-refractivity contribution in [3.63, 3.8) is 0 Å². The molecule has 3 aromatic heterocycles. The van der Waals surface area contributed by atoms with Crippen LogP contribution >= 0.6 is 0 Å². The van der Waals surface area contributed by atoms with Gasteiger partial charge in [0.15, 0.2) is 26.4 Å². The number of nitrogens with one attached hydrogen (secondary N) is 3. The molecule has 248 valence electrons. The first-order valence-electron chi connectivity index (χ1n) is 16.0. The molecule has 1 saturated carbocycles. The fourth-order valence-electron chi connectivity index (χ4n) is 6.25. The Morgan fingerprint density at radius 2 is 1.80 bits per heavy atom. The van der Waals surface area contributed by atoms with Crippen LogP contribution in [0.25, 0.3) is 11.1 Å². The van der Waals surface area contributed by atoms with E-state index in [1.807, 2.05) is 41.0 Å². The van der Waals surface area contributed by atoms with E-state index < -0.39 is 21.1 Å². The van der Waals surface area contributed by atoms with Crippen LogP contribution < -0.4 is 20.9 Å². The number of hydrogen-bond acceptors (Lipinski definition) is 11. The number of benzene rings is 1. The average Bonchev–Trinajstić information content (AvgIpc) is 3.85. The monoisotopic (exact) mass is 676 g/mol. The molecule has 14 nitrogen and oxygen atoms in total. The third-order valence-electron chi connectivity index (χ3n) is 9.26. The third-order valence-corrected chi connectivity index (χ3v) is 10.9. The number of para-hydroxylation sites is 1. The van der Waals surface area contributed by atoms with Crippen LogP contribution in [-0.4, -0.2) is 98.7 Å². The molecule has 17 heteroatoms. The Balaban J connectivity index is 1.13. The summed E-state index contributed by atoms with van der Waals surface area (Å²) in [4.78, 5) is 33.4. The van der Waals surface area contributed by atoms with Crippen molar-refractivity contribution in [3.05, 3.63) is 65.7 Å². The second kappa shape index (κ2) is 12.3.